The molecular weight excluding hydrogens is 671 g/mol. The molecule has 0 saturated heterocycles. The van der Waals surface area contributed by atoms with Gasteiger partial charge in [-0.25, -0.2) is 0 Å². The molecule has 0 fully saturated rings. The fourth-order valence-corrected chi connectivity index (χ4v) is 4.99. The minimum atomic E-state index is -1.37. The fourth-order valence-electron chi connectivity index (χ4n) is 4.99. The zero-order valence-electron chi connectivity index (χ0n) is 21.8. The smallest absolute Gasteiger partial charge is 0.300 e. The molecule has 198 valence electrons. The predicted molar refractivity (Wildman–Crippen MR) is 134 cm³/mol. The average molecular weight is 698 g/mol. The third-order valence-electron chi connectivity index (χ3n) is 7.51. The number of benzene rings is 2. The molecule has 5 rings (SSSR count). The van der Waals surface area contributed by atoms with E-state index in [9.17, 15) is 0 Å². The van der Waals surface area contributed by atoms with Crippen LogP contribution in [-0.2, 0) is 37.3 Å². The summed E-state index contributed by atoms with van der Waals surface area (Å²) in [6.07, 6.45) is 0. The summed E-state index contributed by atoms with van der Waals surface area (Å²) in [7, 11) is 0. The van der Waals surface area contributed by atoms with E-state index in [0.29, 0.717) is 17.1 Å². The Morgan fingerprint density at radius 3 is 1.61 bits per heavy atom. The van der Waals surface area contributed by atoms with Crippen molar-refractivity contribution >= 4 is 0 Å². The second-order valence-corrected chi connectivity index (χ2v) is 11.1. The van der Waals surface area contributed by atoms with E-state index in [0.717, 1.165) is 12.1 Å². The molecule has 2 nitrogen and oxygen atoms in total. The number of aromatic nitrogens is 2. The number of hydrogen-bond donors (Lipinski definition) is 0. The first-order valence-corrected chi connectivity index (χ1v) is 12.0. The van der Waals surface area contributed by atoms with Crippen molar-refractivity contribution in [1.82, 2.24) is 9.97 Å². The van der Waals surface area contributed by atoms with Crippen molar-refractivity contribution in [2.45, 2.75) is 57.8 Å². The Hall–Kier alpha value is -2.85. The molecule has 0 saturated carbocycles. The summed E-state index contributed by atoms with van der Waals surface area (Å²) in [5.74, 6) is -3.39. The van der Waals surface area contributed by atoms with Crippen molar-refractivity contribution < 1.29 is 38.6 Å². The molecular formula is C31H26F4N2Pt. The van der Waals surface area contributed by atoms with E-state index in [1.807, 2.05) is 32.0 Å². The van der Waals surface area contributed by atoms with Crippen molar-refractivity contribution in [2.75, 3.05) is 0 Å². The van der Waals surface area contributed by atoms with Crippen LogP contribution in [0.4, 0.5) is 17.6 Å². The quantitative estimate of drug-likeness (QED) is 0.140. The van der Waals surface area contributed by atoms with E-state index in [1.165, 1.54) is 0 Å². The molecule has 0 atom stereocenters. The van der Waals surface area contributed by atoms with E-state index in [4.69, 9.17) is 9.97 Å². The maximum Gasteiger partial charge on any atom is 2.00 e. The Morgan fingerprint density at radius 2 is 1.00 bits per heavy atom. The van der Waals surface area contributed by atoms with Gasteiger partial charge in [0.15, 0.2) is 0 Å². The van der Waals surface area contributed by atoms with E-state index >= 15 is 17.6 Å². The minimum Gasteiger partial charge on any atom is -0.300 e. The number of nitrogens with zero attached hydrogens (tertiary/aromatic N) is 2. The predicted octanol–water partition coefficient (Wildman–Crippen LogP) is 7.59. The first-order chi connectivity index (χ1) is 17.2. The number of fused-ring (bicyclic) bond motifs is 9. The molecule has 8 bridgehead atoms. The summed E-state index contributed by atoms with van der Waals surface area (Å²) >= 11 is 0. The largest absolute Gasteiger partial charge is 2.00 e. The van der Waals surface area contributed by atoms with E-state index < -0.39 is 39.5 Å². The van der Waals surface area contributed by atoms with Gasteiger partial charge in [-0.15, -0.1) is 23.3 Å². The number of halogens is 4. The van der Waals surface area contributed by atoms with Crippen LogP contribution in [0.1, 0.15) is 75.3 Å². The third kappa shape index (κ3) is 4.31. The molecule has 0 aliphatic carbocycles. The summed E-state index contributed by atoms with van der Waals surface area (Å²) in [6.45, 7) is 10.6. The first-order valence-electron chi connectivity index (χ1n) is 12.0. The van der Waals surface area contributed by atoms with Crippen LogP contribution in [0.2, 0.25) is 0 Å². The van der Waals surface area contributed by atoms with Gasteiger partial charge in [-0.05, 0) is 43.2 Å². The van der Waals surface area contributed by atoms with Crippen molar-refractivity contribution in [3.05, 3.63) is 118 Å². The number of pyridine rings is 2. The van der Waals surface area contributed by atoms with Gasteiger partial charge in [0.2, 0.25) is 0 Å². The Balaban J connectivity index is 0.00000336. The fraction of sp³-hybridized carbons (Fsp3) is 0.290. The molecule has 0 amide bonds. The van der Waals surface area contributed by atoms with Crippen molar-refractivity contribution in [2.24, 2.45) is 0 Å². The molecule has 4 aromatic rings. The van der Waals surface area contributed by atoms with Crippen molar-refractivity contribution in [3.63, 3.8) is 0 Å². The molecule has 0 unspecified atom stereocenters. The van der Waals surface area contributed by atoms with Crippen LogP contribution < -0.4 is 0 Å². The van der Waals surface area contributed by atoms with E-state index in [-0.39, 0.29) is 49.0 Å². The molecule has 3 heterocycles. The Bertz CT molecular complexity index is 1560. The molecule has 1 aliphatic heterocycles. The zero-order valence-corrected chi connectivity index (χ0v) is 24.1. The molecule has 2 aromatic carbocycles. The summed E-state index contributed by atoms with van der Waals surface area (Å²) in [5.41, 5.74) is -1.08. The Labute approximate surface area is 234 Å². The summed E-state index contributed by atoms with van der Waals surface area (Å²) in [5, 5.41) is 0. The summed E-state index contributed by atoms with van der Waals surface area (Å²) in [4.78, 5) is 9.61. The minimum absolute atomic E-state index is 0. The van der Waals surface area contributed by atoms with Crippen molar-refractivity contribution in [1.29, 1.82) is 0 Å². The van der Waals surface area contributed by atoms with Crippen LogP contribution in [0.3, 0.4) is 0 Å². The normalized spacial score (nSPS) is 16.6. The van der Waals surface area contributed by atoms with Gasteiger partial charge in [-0.1, -0.05) is 63.1 Å². The molecule has 7 heteroatoms. The number of hydrogen-bond acceptors (Lipinski definition) is 2. The van der Waals surface area contributed by atoms with Gasteiger partial charge in [0.05, 0.1) is 5.69 Å². The second-order valence-electron chi connectivity index (χ2n) is 11.1. The van der Waals surface area contributed by atoms with Gasteiger partial charge < -0.3 is 4.98 Å². The third-order valence-corrected chi connectivity index (χ3v) is 7.51. The van der Waals surface area contributed by atoms with Gasteiger partial charge in [0, 0.05) is 45.5 Å². The van der Waals surface area contributed by atoms with E-state index in [1.54, 1.807) is 45.9 Å². The Morgan fingerprint density at radius 1 is 0.553 bits per heavy atom. The van der Waals surface area contributed by atoms with Gasteiger partial charge >= 0.3 is 21.1 Å². The topological polar surface area (TPSA) is 25.8 Å². The maximum atomic E-state index is 15.3. The van der Waals surface area contributed by atoms with Gasteiger partial charge in [0.1, 0.15) is 0 Å². The average Bonchev–Trinajstić information content (AvgIpc) is 2.83. The van der Waals surface area contributed by atoms with Crippen LogP contribution in [0, 0.1) is 35.4 Å². The van der Waals surface area contributed by atoms with Gasteiger partial charge in [-0.3, -0.25) is 22.5 Å². The van der Waals surface area contributed by atoms with Crippen LogP contribution in [0.5, 0.6) is 0 Å². The summed E-state index contributed by atoms with van der Waals surface area (Å²) in [6, 6.07) is 18.0. The Kier molecular flexibility index (Phi) is 6.97. The SMILES string of the molecule is CC1(C)c2cccc(n2)-c2[c-]c(c(F)cc2F)C(C)(C)c2[c-]c(c(F)cc2F)C(C)(C)c2cccc1n2.[Pt+2]. The van der Waals surface area contributed by atoms with Crippen LogP contribution in [-0.4, -0.2) is 9.97 Å². The van der Waals surface area contributed by atoms with Gasteiger partial charge in [0.25, 0.3) is 0 Å². The molecule has 0 N–H and O–H groups in total. The van der Waals surface area contributed by atoms with Gasteiger partial charge in [-0.2, -0.15) is 6.07 Å². The molecule has 38 heavy (non-hydrogen) atoms. The zero-order chi connectivity index (χ0) is 26.9. The second kappa shape index (κ2) is 9.41. The number of rotatable bonds is 0. The monoisotopic (exact) mass is 697 g/mol. The van der Waals surface area contributed by atoms with Crippen LogP contribution >= 0.6 is 0 Å². The van der Waals surface area contributed by atoms with Crippen LogP contribution in [0.15, 0.2) is 48.5 Å². The first kappa shape index (κ1) is 28.2. The summed E-state index contributed by atoms with van der Waals surface area (Å²) < 4.78 is 61.0. The van der Waals surface area contributed by atoms with Crippen molar-refractivity contribution in [3.8, 4) is 11.3 Å². The standard InChI is InChI=1S/C31H26F4N2.Pt/c1-29(2)18-13-17(21(32)15-22(18)33)25-9-7-10-27(36-25)31(5,6)28-12-8-11-26(37-28)30(3,4)20-14-19(29)23(34)16-24(20)35;/h7-12,15-16H,1-6H3;/q-2;+2. The van der Waals surface area contributed by atoms with E-state index in [2.05, 4.69) is 12.1 Å². The molecule has 1 aliphatic rings. The molecule has 2 aromatic heterocycles. The maximum absolute atomic E-state index is 15.3. The van der Waals surface area contributed by atoms with Crippen LogP contribution in [0.25, 0.3) is 11.3 Å². The molecule has 0 radical (unpaired) electrons. The molecule has 0 spiro atoms.